The molecule has 0 radical (unpaired) electrons. The second-order valence-corrected chi connectivity index (χ2v) is 4.83. The molecule has 2 bridgehead atoms. The van der Waals surface area contributed by atoms with E-state index in [1.165, 1.54) is 0 Å². The fraction of sp³-hybridized carbons (Fsp3) is 0.364. The predicted molar refractivity (Wildman–Crippen MR) is 59.8 cm³/mol. The van der Waals surface area contributed by atoms with Crippen molar-refractivity contribution in [1.29, 1.82) is 0 Å². The molecule has 2 atom stereocenters. The zero-order valence-electron chi connectivity index (χ0n) is 8.02. The number of piperidine rings is 1. The van der Waals surface area contributed by atoms with E-state index >= 15 is 0 Å². The van der Waals surface area contributed by atoms with Crippen molar-refractivity contribution in [3.8, 4) is 0 Å². The maximum Gasteiger partial charge on any atom is 0.256 e. The fourth-order valence-corrected chi connectivity index (χ4v) is 2.47. The van der Waals surface area contributed by atoms with Crippen LogP contribution in [0.4, 0.5) is 5.69 Å². The summed E-state index contributed by atoms with van der Waals surface area (Å²) in [6.07, 6.45) is 0.943. The van der Waals surface area contributed by atoms with Gasteiger partial charge < -0.3 is 9.64 Å². The van der Waals surface area contributed by atoms with Gasteiger partial charge in [-0.2, -0.15) is 0 Å². The number of carbonyl (C=O) groups is 1. The highest BCUT2D eigenvalue weighted by molar-refractivity contribution is 9.10. The Balaban J connectivity index is 1.91. The summed E-state index contributed by atoms with van der Waals surface area (Å²) < 4.78 is 6.36. The molecule has 78 valence electrons. The molecular formula is C11H10BrNO2. The highest BCUT2D eigenvalue weighted by Gasteiger charge is 2.45. The highest BCUT2D eigenvalue weighted by atomic mass is 79.9. The Bertz CT molecular complexity index is 415. The van der Waals surface area contributed by atoms with Gasteiger partial charge in [-0.25, -0.2) is 0 Å². The lowest BCUT2D eigenvalue weighted by Gasteiger charge is -2.45. The summed E-state index contributed by atoms with van der Waals surface area (Å²) >= 11 is 3.41. The Kier molecular flexibility index (Phi) is 2.07. The molecule has 3 fully saturated rings. The highest BCUT2D eigenvalue weighted by Crippen LogP contribution is 2.33. The van der Waals surface area contributed by atoms with Crippen LogP contribution < -0.4 is 4.90 Å². The van der Waals surface area contributed by atoms with Crippen LogP contribution in [0, 0.1) is 0 Å². The molecule has 15 heavy (non-hydrogen) atoms. The van der Waals surface area contributed by atoms with E-state index in [4.69, 9.17) is 4.74 Å². The minimum Gasteiger partial charge on any atom is -0.363 e. The molecule has 0 N–H and O–H groups in total. The van der Waals surface area contributed by atoms with E-state index in [0.717, 1.165) is 16.6 Å². The van der Waals surface area contributed by atoms with E-state index in [1.807, 2.05) is 29.2 Å². The van der Waals surface area contributed by atoms with Crippen LogP contribution in [0.1, 0.15) is 6.42 Å². The van der Waals surface area contributed by atoms with Crippen molar-refractivity contribution < 1.29 is 9.53 Å². The minimum absolute atomic E-state index is 0.0931. The standard InChI is InChI=1S/C11H10BrNO2/c12-7-2-1-3-8(4-7)13-6-9-5-10(15-9)11(13)14/h1-4,9-10H,5-6H2. The number of amides is 1. The average Bonchev–Trinajstić information content (AvgIpc) is 2.16. The number of nitrogens with zero attached hydrogens (tertiary/aromatic N) is 1. The lowest BCUT2D eigenvalue weighted by Crippen LogP contribution is -2.61. The SMILES string of the molecule is O=C1C2CC(CN1c1cccc(Br)c1)O2. The largest absolute Gasteiger partial charge is 0.363 e. The number of ether oxygens (including phenoxy) is 1. The number of anilines is 1. The van der Waals surface area contributed by atoms with Gasteiger partial charge in [0.05, 0.1) is 12.6 Å². The molecule has 1 amide bonds. The van der Waals surface area contributed by atoms with Crippen LogP contribution in [0.25, 0.3) is 0 Å². The lowest BCUT2D eigenvalue weighted by atomic mass is 9.97. The Morgan fingerprint density at radius 2 is 2.27 bits per heavy atom. The quantitative estimate of drug-likeness (QED) is 0.779. The van der Waals surface area contributed by atoms with Crippen LogP contribution in [-0.4, -0.2) is 24.7 Å². The third-order valence-electron chi connectivity index (χ3n) is 2.88. The summed E-state index contributed by atoms with van der Waals surface area (Å²) in [6, 6.07) is 7.80. The van der Waals surface area contributed by atoms with Crippen molar-refractivity contribution in [2.45, 2.75) is 18.6 Å². The van der Waals surface area contributed by atoms with Crippen LogP contribution in [0.15, 0.2) is 28.7 Å². The van der Waals surface area contributed by atoms with Crippen LogP contribution in [0.2, 0.25) is 0 Å². The Morgan fingerprint density at radius 1 is 1.47 bits per heavy atom. The zero-order chi connectivity index (χ0) is 10.4. The van der Waals surface area contributed by atoms with E-state index < -0.39 is 0 Å². The topological polar surface area (TPSA) is 29.5 Å². The van der Waals surface area contributed by atoms with Gasteiger partial charge in [-0.1, -0.05) is 22.0 Å². The molecule has 4 heteroatoms. The maximum absolute atomic E-state index is 11.9. The summed E-state index contributed by atoms with van der Waals surface area (Å²) in [5.41, 5.74) is 0.951. The number of fused-ring (bicyclic) bond motifs is 2. The van der Waals surface area contributed by atoms with Gasteiger partial charge in [0.1, 0.15) is 6.10 Å². The van der Waals surface area contributed by atoms with Crippen molar-refractivity contribution in [3.63, 3.8) is 0 Å². The third kappa shape index (κ3) is 1.48. The van der Waals surface area contributed by atoms with Gasteiger partial charge in [0.2, 0.25) is 0 Å². The monoisotopic (exact) mass is 267 g/mol. The van der Waals surface area contributed by atoms with Crippen LogP contribution in [0.3, 0.4) is 0 Å². The van der Waals surface area contributed by atoms with E-state index in [2.05, 4.69) is 15.9 Å². The van der Waals surface area contributed by atoms with Gasteiger partial charge in [0.15, 0.2) is 0 Å². The molecule has 0 spiro atoms. The first-order valence-corrected chi connectivity index (χ1v) is 5.76. The van der Waals surface area contributed by atoms with Crippen molar-refractivity contribution >= 4 is 27.5 Å². The molecule has 1 aromatic rings. The third-order valence-corrected chi connectivity index (χ3v) is 3.37. The number of benzene rings is 1. The molecular weight excluding hydrogens is 258 g/mol. The normalized spacial score (nSPS) is 28.9. The molecule has 0 saturated carbocycles. The average molecular weight is 268 g/mol. The van der Waals surface area contributed by atoms with Gasteiger partial charge in [-0.15, -0.1) is 0 Å². The summed E-state index contributed by atoms with van der Waals surface area (Å²) in [7, 11) is 0. The summed E-state index contributed by atoms with van der Waals surface area (Å²) in [4.78, 5) is 13.7. The number of carbonyl (C=O) groups excluding carboxylic acids is 1. The maximum atomic E-state index is 11.9. The first kappa shape index (κ1) is 9.36. The molecule has 3 nitrogen and oxygen atoms in total. The smallest absolute Gasteiger partial charge is 0.256 e. The van der Waals surface area contributed by atoms with Crippen molar-refractivity contribution in [3.05, 3.63) is 28.7 Å². The zero-order valence-corrected chi connectivity index (χ0v) is 9.61. The second kappa shape index (κ2) is 3.32. The van der Waals surface area contributed by atoms with Gasteiger partial charge >= 0.3 is 0 Å². The van der Waals surface area contributed by atoms with Gasteiger partial charge in [0, 0.05) is 16.6 Å². The first-order chi connectivity index (χ1) is 7.24. The first-order valence-electron chi connectivity index (χ1n) is 4.96. The molecule has 0 aromatic heterocycles. The number of hydrogen-bond acceptors (Lipinski definition) is 2. The minimum atomic E-state index is -0.192. The van der Waals surface area contributed by atoms with Crippen LogP contribution in [0.5, 0.6) is 0 Å². The van der Waals surface area contributed by atoms with E-state index in [0.29, 0.717) is 6.54 Å². The summed E-state index contributed by atoms with van der Waals surface area (Å²) in [5.74, 6) is 0.0931. The van der Waals surface area contributed by atoms with E-state index in [-0.39, 0.29) is 18.1 Å². The molecule has 0 aliphatic carbocycles. The molecule has 2 unspecified atom stereocenters. The Labute approximate surface area is 96.1 Å². The van der Waals surface area contributed by atoms with E-state index in [9.17, 15) is 4.79 Å². The summed E-state index contributed by atoms with van der Waals surface area (Å²) in [6.45, 7) is 0.686. The molecule has 3 heterocycles. The Morgan fingerprint density at radius 3 is 2.93 bits per heavy atom. The van der Waals surface area contributed by atoms with Crippen molar-refractivity contribution in [1.82, 2.24) is 0 Å². The van der Waals surface area contributed by atoms with Gasteiger partial charge in [0.25, 0.3) is 5.91 Å². The molecule has 3 aliphatic heterocycles. The molecule has 1 aromatic carbocycles. The van der Waals surface area contributed by atoms with Gasteiger partial charge in [-0.05, 0) is 18.2 Å². The van der Waals surface area contributed by atoms with Crippen LogP contribution >= 0.6 is 15.9 Å². The Hall–Kier alpha value is -0.870. The lowest BCUT2D eigenvalue weighted by molar-refractivity contribution is -0.169. The van der Waals surface area contributed by atoms with E-state index in [1.54, 1.807) is 0 Å². The van der Waals surface area contributed by atoms with Crippen molar-refractivity contribution in [2.24, 2.45) is 0 Å². The number of hydrogen-bond donors (Lipinski definition) is 0. The molecule has 3 saturated heterocycles. The number of rotatable bonds is 1. The number of halogens is 1. The molecule has 4 rings (SSSR count). The van der Waals surface area contributed by atoms with Crippen LogP contribution in [-0.2, 0) is 9.53 Å². The molecule has 3 aliphatic rings. The fourth-order valence-electron chi connectivity index (χ4n) is 2.08. The number of morpholine rings is 1. The predicted octanol–water partition coefficient (Wildman–Crippen LogP) is 1.95. The van der Waals surface area contributed by atoms with Crippen molar-refractivity contribution in [2.75, 3.05) is 11.4 Å². The second-order valence-electron chi connectivity index (χ2n) is 3.91. The van der Waals surface area contributed by atoms with Gasteiger partial charge in [-0.3, -0.25) is 4.79 Å². The summed E-state index contributed by atoms with van der Waals surface area (Å²) in [5, 5.41) is 0.